The first-order chi connectivity index (χ1) is 17.8. The zero-order valence-electron chi connectivity index (χ0n) is 19.1. The Morgan fingerprint density at radius 3 is 1.31 bits per heavy atom. The summed E-state index contributed by atoms with van der Waals surface area (Å²) in [5.41, 5.74) is 5.87. The first kappa shape index (κ1) is 20.1. The molecule has 8 rings (SSSR count). The van der Waals surface area contributed by atoms with Crippen molar-refractivity contribution in [1.29, 1.82) is 0 Å². The van der Waals surface area contributed by atoms with Crippen LogP contribution in [0.15, 0.2) is 109 Å². The van der Waals surface area contributed by atoms with E-state index in [1.54, 1.807) is 0 Å². The van der Waals surface area contributed by atoms with Crippen molar-refractivity contribution in [3.63, 3.8) is 0 Å². The molecule has 0 radical (unpaired) electrons. The summed E-state index contributed by atoms with van der Waals surface area (Å²) in [6.07, 6.45) is 0. The number of rotatable bonds is 2. The van der Waals surface area contributed by atoms with E-state index in [2.05, 4.69) is 84.9 Å². The largest absolute Gasteiger partial charge is 0.244 e. The molecule has 8 aromatic rings. The highest BCUT2D eigenvalue weighted by molar-refractivity contribution is 7.26. The van der Waals surface area contributed by atoms with Gasteiger partial charge >= 0.3 is 0 Å². The molecule has 2 nitrogen and oxygen atoms in total. The molecule has 3 aromatic heterocycles. The number of aromatic nitrogens is 2. The Balaban J connectivity index is 1.39. The number of hydrogen-bond donors (Lipinski definition) is 0. The second kappa shape index (κ2) is 7.69. The van der Waals surface area contributed by atoms with Crippen molar-refractivity contribution in [2.75, 3.05) is 0 Å². The maximum absolute atomic E-state index is 5.15. The van der Waals surface area contributed by atoms with Gasteiger partial charge in [0.1, 0.15) is 0 Å². The number of thiophene rings is 2. The topological polar surface area (TPSA) is 25.8 Å². The summed E-state index contributed by atoms with van der Waals surface area (Å²) in [6.45, 7) is 0. The highest BCUT2D eigenvalue weighted by Crippen LogP contribution is 2.40. The van der Waals surface area contributed by atoms with Crippen molar-refractivity contribution in [1.82, 2.24) is 9.97 Å². The lowest BCUT2D eigenvalue weighted by Crippen LogP contribution is -1.95. The van der Waals surface area contributed by atoms with Gasteiger partial charge in [0.15, 0.2) is 0 Å². The first-order valence-electron chi connectivity index (χ1n) is 11.9. The molecule has 0 N–H and O–H groups in total. The van der Waals surface area contributed by atoms with E-state index in [0.29, 0.717) is 0 Å². The SMILES string of the molecule is c1ccc2nc(-c3ccc4c(c3)sc3ccccc34)c(-c3ccc4c(c3)sc3ccccc34)nc2c1. The number of para-hydroxylation sites is 2. The predicted octanol–water partition coefficient (Wildman–Crippen LogP) is 9.70. The normalized spacial score (nSPS) is 11.9. The van der Waals surface area contributed by atoms with Gasteiger partial charge in [0.2, 0.25) is 0 Å². The lowest BCUT2D eigenvalue weighted by molar-refractivity contribution is 1.30. The van der Waals surface area contributed by atoms with Gasteiger partial charge in [-0.1, -0.05) is 72.8 Å². The number of hydrogen-bond acceptors (Lipinski definition) is 4. The second-order valence-corrected chi connectivity index (χ2v) is 11.2. The summed E-state index contributed by atoms with van der Waals surface area (Å²) in [5.74, 6) is 0. The van der Waals surface area contributed by atoms with E-state index in [0.717, 1.165) is 33.5 Å². The quantitative estimate of drug-likeness (QED) is 0.239. The molecule has 0 aliphatic carbocycles. The fraction of sp³-hybridized carbons (Fsp3) is 0. The van der Waals surface area contributed by atoms with Crippen LogP contribution in [-0.4, -0.2) is 9.97 Å². The molecular weight excluding hydrogens is 477 g/mol. The minimum atomic E-state index is 0.913. The molecule has 0 spiro atoms. The molecule has 0 saturated heterocycles. The Morgan fingerprint density at radius 2 is 0.806 bits per heavy atom. The first-order valence-corrected chi connectivity index (χ1v) is 13.6. The molecule has 36 heavy (non-hydrogen) atoms. The molecule has 0 bridgehead atoms. The van der Waals surface area contributed by atoms with Crippen molar-refractivity contribution in [3.05, 3.63) is 109 Å². The number of fused-ring (bicyclic) bond motifs is 7. The van der Waals surface area contributed by atoms with Crippen molar-refractivity contribution in [3.8, 4) is 22.5 Å². The second-order valence-electron chi connectivity index (χ2n) is 9.03. The highest BCUT2D eigenvalue weighted by Gasteiger charge is 2.16. The lowest BCUT2D eigenvalue weighted by atomic mass is 10.0. The summed E-state index contributed by atoms with van der Waals surface area (Å²) < 4.78 is 5.17. The summed E-state index contributed by atoms with van der Waals surface area (Å²) in [4.78, 5) is 10.3. The van der Waals surface area contributed by atoms with E-state index >= 15 is 0 Å². The van der Waals surface area contributed by atoms with Gasteiger partial charge in [-0.2, -0.15) is 0 Å². The summed E-state index contributed by atoms with van der Waals surface area (Å²) >= 11 is 3.67. The molecule has 0 unspecified atom stereocenters. The van der Waals surface area contributed by atoms with Crippen molar-refractivity contribution >= 4 is 74.1 Å². The fourth-order valence-electron chi connectivity index (χ4n) is 5.15. The zero-order valence-corrected chi connectivity index (χ0v) is 20.7. The van der Waals surface area contributed by atoms with Crippen LogP contribution in [0.1, 0.15) is 0 Å². The third-order valence-corrected chi connectivity index (χ3v) is 9.14. The van der Waals surface area contributed by atoms with Crippen LogP contribution >= 0.6 is 22.7 Å². The Labute approximate surface area is 215 Å². The minimum Gasteiger partial charge on any atom is -0.244 e. The average Bonchev–Trinajstić information content (AvgIpc) is 3.49. The molecule has 0 aliphatic heterocycles. The number of nitrogens with zero attached hydrogens (tertiary/aromatic N) is 2. The number of benzene rings is 5. The van der Waals surface area contributed by atoms with Crippen LogP contribution in [0.4, 0.5) is 0 Å². The fourth-order valence-corrected chi connectivity index (χ4v) is 7.44. The molecule has 0 amide bonds. The van der Waals surface area contributed by atoms with Gasteiger partial charge in [0, 0.05) is 51.5 Å². The van der Waals surface area contributed by atoms with Crippen LogP contribution in [0.2, 0.25) is 0 Å². The molecule has 0 saturated carbocycles. The Kier molecular flexibility index (Phi) is 4.30. The highest BCUT2D eigenvalue weighted by atomic mass is 32.1. The molecule has 0 aliphatic rings. The third kappa shape index (κ3) is 3.02. The van der Waals surface area contributed by atoms with Gasteiger partial charge in [0.05, 0.1) is 22.4 Å². The van der Waals surface area contributed by atoms with Crippen LogP contribution < -0.4 is 0 Å². The van der Waals surface area contributed by atoms with Gasteiger partial charge in [0.25, 0.3) is 0 Å². The van der Waals surface area contributed by atoms with E-state index < -0.39 is 0 Å². The van der Waals surface area contributed by atoms with Crippen molar-refractivity contribution < 1.29 is 0 Å². The molecule has 0 atom stereocenters. The molecule has 168 valence electrons. The summed E-state index contributed by atoms with van der Waals surface area (Å²) in [7, 11) is 0. The van der Waals surface area contributed by atoms with Gasteiger partial charge in [-0.25, -0.2) is 9.97 Å². The maximum Gasteiger partial charge on any atom is 0.0973 e. The van der Waals surface area contributed by atoms with Crippen molar-refractivity contribution in [2.24, 2.45) is 0 Å². The van der Waals surface area contributed by atoms with E-state index in [-0.39, 0.29) is 0 Å². The molecule has 0 fully saturated rings. The minimum absolute atomic E-state index is 0.913. The molecule has 5 aromatic carbocycles. The smallest absolute Gasteiger partial charge is 0.0973 e. The van der Waals surface area contributed by atoms with Crippen LogP contribution in [0.25, 0.3) is 73.9 Å². The Bertz CT molecular complexity index is 1960. The summed E-state index contributed by atoms with van der Waals surface area (Å²) in [5, 5.41) is 5.20. The molecular formula is C32H18N2S2. The molecule has 4 heteroatoms. The average molecular weight is 495 g/mol. The predicted molar refractivity (Wildman–Crippen MR) is 156 cm³/mol. The lowest BCUT2D eigenvalue weighted by Gasteiger charge is -2.11. The summed E-state index contributed by atoms with van der Waals surface area (Å²) in [6, 6.07) is 38.8. The van der Waals surface area contributed by atoms with Crippen LogP contribution in [0, 0.1) is 0 Å². The van der Waals surface area contributed by atoms with Crippen LogP contribution in [-0.2, 0) is 0 Å². The van der Waals surface area contributed by atoms with Crippen LogP contribution in [0.5, 0.6) is 0 Å². The standard InChI is InChI=1S/C32H18N2S2/c1-5-11-27-21(7-1)23-15-13-19(17-29(23)35-27)31-32(34-26-10-4-3-9-25(26)33-31)20-14-16-24-22-8-2-6-12-28(22)36-30(24)18-20/h1-18H. The van der Waals surface area contributed by atoms with Gasteiger partial charge in [-0.05, 0) is 36.4 Å². The zero-order chi connectivity index (χ0) is 23.6. The van der Waals surface area contributed by atoms with Crippen LogP contribution in [0.3, 0.4) is 0 Å². The van der Waals surface area contributed by atoms with E-state index in [1.807, 2.05) is 46.9 Å². The van der Waals surface area contributed by atoms with Gasteiger partial charge < -0.3 is 0 Å². The molecule has 3 heterocycles. The maximum atomic E-state index is 5.15. The van der Waals surface area contributed by atoms with Gasteiger partial charge in [-0.3, -0.25) is 0 Å². The van der Waals surface area contributed by atoms with Gasteiger partial charge in [-0.15, -0.1) is 22.7 Å². The van der Waals surface area contributed by atoms with Crippen molar-refractivity contribution in [2.45, 2.75) is 0 Å². The third-order valence-electron chi connectivity index (χ3n) is 6.87. The Morgan fingerprint density at radius 1 is 0.389 bits per heavy atom. The Hall–Kier alpha value is -4.12. The van der Waals surface area contributed by atoms with E-state index in [9.17, 15) is 0 Å². The van der Waals surface area contributed by atoms with E-state index in [4.69, 9.17) is 9.97 Å². The monoisotopic (exact) mass is 494 g/mol. The van der Waals surface area contributed by atoms with E-state index in [1.165, 1.54) is 40.3 Å².